The number of aliphatic hydroxyl groups excluding tert-OH is 2. The van der Waals surface area contributed by atoms with Crippen LogP contribution in [0.25, 0.3) is 0 Å². The standard InChI is InChI=1S/C14H21NO3/c1-10(2)8-12(16)9-15-14(18)13(17)11-6-4-3-5-7-11/h3-7,10,12-13,16-17H,8-9H2,1-2H3,(H,15,18). The molecule has 0 saturated carbocycles. The summed E-state index contributed by atoms with van der Waals surface area (Å²) in [6.07, 6.45) is -1.13. The maximum Gasteiger partial charge on any atom is 0.253 e. The highest BCUT2D eigenvalue weighted by molar-refractivity contribution is 5.81. The molecule has 2 unspecified atom stereocenters. The van der Waals surface area contributed by atoms with Crippen molar-refractivity contribution in [3.63, 3.8) is 0 Å². The summed E-state index contributed by atoms with van der Waals surface area (Å²) >= 11 is 0. The van der Waals surface area contributed by atoms with Crippen LogP contribution in [0.3, 0.4) is 0 Å². The van der Waals surface area contributed by atoms with E-state index in [2.05, 4.69) is 5.32 Å². The second kappa shape index (κ2) is 7.13. The van der Waals surface area contributed by atoms with Crippen LogP contribution in [-0.4, -0.2) is 28.8 Å². The van der Waals surface area contributed by atoms with Crippen molar-refractivity contribution >= 4 is 5.91 Å². The fourth-order valence-corrected chi connectivity index (χ4v) is 1.73. The molecule has 18 heavy (non-hydrogen) atoms. The number of amides is 1. The van der Waals surface area contributed by atoms with Gasteiger partial charge in [-0.15, -0.1) is 0 Å². The van der Waals surface area contributed by atoms with Crippen LogP contribution >= 0.6 is 0 Å². The van der Waals surface area contributed by atoms with Crippen LogP contribution in [0.1, 0.15) is 31.9 Å². The average molecular weight is 251 g/mol. The highest BCUT2D eigenvalue weighted by atomic mass is 16.3. The van der Waals surface area contributed by atoms with E-state index in [1.54, 1.807) is 24.3 Å². The van der Waals surface area contributed by atoms with Crippen molar-refractivity contribution in [2.24, 2.45) is 5.92 Å². The molecular weight excluding hydrogens is 230 g/mol. The maximum absolute atomic E-state index is 11.7. The van der Waals surface area contributed by atoms with Gasteiger partial charge in [0.1, 0.15) is 0 Å². The fourth-order valence-electron chi connectivity index (χ4n) is 1.73. The van der Waals surface area contributed by atoms with E-state index in [-0.39, 0.29) is 6.54 Å². The zero-order valence-electron chi connectivity index (χ0n) is 10.8. The van der Waals surface area contributed by atoms with Gasteiger partial charge < -0.3 is 15.5 Å². The van der Waals surface area contributed by atoms with E-state index >= 15 is 0 Å². The highest BCUT2D eigenvalue weighted by Gasteiger charge is 2.17. The Morgan fingerprint density at radius 3 is 2.39 bits per heavy atom. The summed E-state index contributed by atoms with van der Waals surface area (Å²) in [7, 11) is 0. The second-order valence-corrected chi connectivity index (χ2v) is 4.84. The monoisotopic (exact) mass is 251 g/mol. The average Bonchev–Trinajstić information content (AvgIpc) is 2.35. The van der Waals surface area contributed by atoms with E-state index in [1.807, 2.05) is 19.9 Å². The third kappa shape index (κ3) is 4.85. The van der Waals surface area contributed by atoms with E-state index in [4.69, 9.17) is 0 Å². The lowest BCUT2D eigenvalue weighted by atomic mass is 10.1. The second-order valence-electron chi connectivity index (χ2n) is 4.84. The van der Waals surface area contributed by atoms with Crippen molar-refractivity contribution in [3.8, 4) is 0 Å². The Bertz CT molecular complexity index is 365. The Morgan fingerprint density at radius 2 is 1.83 bits per heavy atom. The first-order valence-corrected chi connectivity index (χ1v) is 6.19. The van der Waals surface area contributed by atoms with E-state index in [0.717, 1.165) is 0 Å². The van der Waals surface area contributed by atoms with Crippen LogP contribution < -0.4 is 5.32 Å². The van der Waals surface area contributed by atoms with Crippen molar-refractivity contribution < 1.29 is 15.0 Å². The van der Waals surface area contributed by atoms with Crippen LogP contribution in [-0.2, 0) is 4.79 Å². The Balaban J connectivity index is 2.41. The normalized spacial score (nSPS) is 14.3. The molecule has 4 heteroatoms. The molecular formula is C14H21NO3. The van der Waals surface area contributed by atoms with Crippen LogP contribution in [0.4, 0.5) is 0 Å². The smallest absolute Gasteiger partial charge is 0.253 e. The van der Waals surface area contributed by atoms with Gasteiger partial charge in [-0.1, -0.05) is 44.2 Å². The number of aliphatic hydroxyl groups is 2. The summed E-state index contributed by atoms with van der Waals surface area (Å²) in [5, 5.41) is 22.0. The highest BCUT2D eigenvalue weighted by Crippen LogP contribution is 2.12. The number of hydrogen-bond acceptors (Lipinski definition) is 3. The maximum atomic E-state index is 11.7. The molecule has 0 aliphatic carbocycles. The molecule has 0 heterocycles. The Labute approximate surface area is 108 Å². The minimum atomic E-state index is -1.18. The minimum absolute atomic E-state index is 0.168. The van der Waals surface area contributed by atoms with Gasteiger partial charge in [0.25, 0.3) is 5.91 Å². The molecule has 0 bridgehead atoms. The predicted octanol–water partition coefficient (Wildman–Crippen LogP) is 1.24. The van der Waals surface area contributed by atoms with Gasteiger partial charge >= 0.3 is 0 Å². The van der Waals surface area contributed by atoms with Crippen LogP contribution in [0.5, 0.6) is 0 Å². The minimum Gasteiger partial charge on any atom is -0.391 e. The van der Waals surface area contributed by atoms with Crippen LogP contribution in [0.2, 0.25) is 0 Å². The van der Waals surface area contributed by atoms with Gasteiger partial charge in [0.2, 0.25) is 0 Å². The van der Waals surface area contributed by atoms with Crippen molar-refractivity contribution in [1.82, 2.24) is 5.32 Å². The van der Waals surface area contributed by atoms with Gasteiger partial charge in [0.15, 0.2) is 6.10 Å². The Morgan fingerprint density at radius 1 is 1.22 bits per heavy atom. The zero-order valence-corrected chi connectivity index (χ0v) is 10.8. The molecule has 2 atom stereocenters. The quantitative estimate of drug-likeness (QED) is 0.712. The van der Waals surface area contributed by atoms with Crippen molar-refractivity contribution in [3.05, 3.63) is 35.9 Å². The lowest BCUT2D eigenvalue weighted by Gasteiger charge is -2.16. The molecule has 100 valence electrons. The molecule has 3 N–H and O–H groups in total. The van der Waals surface area contributed by atoms with E-state index in [0.29, 0.717) is 17.9 Å². The van der Waals surface area contributed by atoms with Gasteiger partial charge in [-0.25, -0.2) is 0 Å². The van der Waals surface area contributed by atoms with Crippen LogP contribution in [0.15, 0.2) is 30.3 Å². The van der Waals surface area contributed by atoms with Crippen molar-refractivity contribution in [2.45, 2.75) is 32.5 Å². The van der Waals surface area contributed by atoms with E-state index in [1.165, 1.54) is 0 Å². The molecule has 0 fully saturated rings. The van der Waals surface area contributed by atoms with Gasteiger partial charge in [-0.2, -0.15) is 0 Å². The summed E-state index contributed by atoms with van der Waals surface area (Å²) in [5.74, 6) is -0.111. The van der Waals surface area contributed by atoms with Crippen molar-refractivity contribution in [2.75, 3.05) is 6.54 Å². The number of rotatable bonds is 6. The molecule has 1 rings (SSSR count). The summed E-state index contributed by atoms with van der Waals surface area (Å²) < 4.78 is 0. The zero-order chi connectivity index (χ0) is 13.5. The first-order valence-electron chi connectivity index (χ1n) is 6.19. The Hall–Kier alpha value is -1.39. The molecule has 0 radical (unpaired) electrons. The number of benzene rings is 1. The van der Waals surface area contributed by atoms with Crippen LogP contribution in [0, 0.1) is 5.92 Å². The lowest BCUT2D eigenvalue weighted by Crippen LogP contribution is -2.36. The van der Waals surface area contributed by atoms with Gasteiger partial charge in [-0.3, -0.25) is 4.79 Å². The molecule has 1 amide bonds. The Kier molecular flexibility index (Phi) is 5.82. The molecule has 0 saturated heterocycles. The lowest BCUT2D eigenvalue weighted by molar-refractivity contribution is -0.130. The summed E-state index contributed by atoms with van der Waals surface area (Å²) in [4.78, 5) is 11.7. The van der Waals surface area contributed by atoms with Gasteiger partial charge in [0.05, 0.1) is 6.10 Å². The number of nitrogens with one attached hydrogen (secondary N) is 1. The summed E-state index contributed by atoms with van der Waals surface area (Å²) in [6, 6.07) is 8.73. The van der Waals surface area contributed by atoms with Gasteiger partial charge in [-0.05, 0) is 17.9 Å². The predicted molar refractivity (Wildman–Crippen MR) is 69.9 cm³/mol. The van der Waals surface area contributed by atoms with E-state index < -0.39 is 18.1 Å². The van der Waals surface area contributed by atoms with Crippen molar-refractivity contribution in [1.29, 1.82) is 0 Å². The summed E-state index contributed by atoms with van der Waals surface area (Å²) in [5.41, 5.74) is 0.549. The molecule has 1 aromatic carbocycles. The molecule has 0 aliphatic rings. The number of carbonyl (C=O) groups is 1. The van der Waals surface area contributed by atoms with Gasteiger partial charge in [0, 0.05) is 6.54 Å². The first kappa shape index (κ1) is 14.7. The molecule has 0 aliphatic heterocycles. The molecule has 0 aromatic heterocycles. The molecule has 4 nitrogen and oxygen atoms in total. The fraction of sp³-hybridized carbons (Fsp3) is 0.500. The number of hydrogen-bond donors (Lipinski definition) is 3. The first-order chi connectivity index (χ1) is 8.50. The largest absolute Gasteiger partial charge is 0.391 e. The third-order valence-corrected chi connectivity index (χ3v) is 2.62. The summed E-state index contributed by atoms with van der Waals surface area (Å²) in [6.45, 7) is 4.18. The molecule has 1 aromatic rings. The van der Waals surface area contributed by atoms with E-state index in [9.17, 15) is 15.0 Å². The number of carbonyl (C=O) groups excluding carboxylic acids is 1. The third-order valence-electron chi connectivity index (χ3n) is 2.62. The molecule has 0 spiro atoms. The topological polar surface area (TPSA) is 69.6 Å². The SMILES string of the molecule is CC(C)CC(O)CNC(=O)C(O)c1ccccc1.